The summed E-state index contributed by atoms with van der Waals surface area (Å²) >= 11 is 1.38. The first-order valence-electron chi connectivity index (χ1n) is 9.41. The van der Waals surface area contributed by atoms with E-state index in [2.05, 4.69) is 9.97 Å². The van der Waals surface area contributed by atoms with Crippen molar-refractivity contribution in [1.29, 1.82) is 0 Å². The maximum absolute atomic E-state index is 13.2. The van der Waals surface area contributed by atoms with Crippen LogP contribution in [-0.4, -0.2) is 31.7 Å². The lowest BCUT2D eigenvalue weighted by Gasteiger charge is -2.29. The zero-order valence-corrected chi connectivity index (χ0v) is 17.7. The molecule has 0 saturated heterocycles. The molecule has 150 valence electrons. The summed E-state index contributed by atoms with van der Waals surface area (Å²) in [4.78, 5) is 34.2. The van der Waals surface area contributed by atoms with Crippen LogP contribution in [0.5, 0.6) is 0 Å². The van der Waals surface area contributed by atoms with E-state index in [0.29, 0.717) is 40.3 Å². The van der Waals surface area contributed by atoms with Crippen molar-refractivity contribution >= 4 is 34.2 Å². The molecule has 0 aliphatic heterocycles. The highest BCUT2D eigenvalue weighted by Crippen LogP contribution is 2.43. The molecule has 0 fully saturated rings. The van der Waals surface area contributed by atoms with Gasteiger partial charge in [0.15, 0.2) is 10.9 Å². The predicted octanol–water partition coefficient (Wildman–Crippen LogP) is 4.31. The number of hydrogen-bond donors (Lipinski definition) is 2. The zero-order valence-electron chi connectivity index (χ0n) is 16.9. The van der Waals surface area contributed by atoms with Crippen LogP contribution in [0.4, 0.5) is 0 Å². The first-order valence-corrected chi connectivity index (χ1v) is 10.6. The Hall–Kier alpha value is -2.80. The average molecular weight is 410 g/mol. The average Bonchev–Trinajstić information content (AvgIpc) is 3.03. The lowest BCUT2D eigenvalue weighted by molar-refractivity contribution is -0.116. The van der Waals surface area contributed by atoms with Crippen LogP contribution in [0, 0.1) is 5.41 Å². The number of aromatic nitrogens is 3. The molecule has 29 heavy (non-hydrogen) atoms. The Morgan fingerprint density at radius 1 is 1.17 bits per heavy atom. The Kier molecular flexibility index (Phi) is 4.65. The summed E-state index contributed by atoms with van der Waals surface area (Å²) in [6.45, 7) is 3.91. The molecule has 0 bridgehead atoms. The molecule has 2 N–H and O–H groups in total. The molecule has 2 aromatic heterocycles. The Morgan fingerprint density at radius 2 is 1.86 bits per heavy atom. The number of nitrogens with one attached hydrogen (secondary N) is 1. The molecule has 0 saturated carbocycles. The summed E-state index contributed by atoms with van der Waals surface area (Å²) in [5.41, 5.74) is 1.98. The zero-order chi connectivity index (χ0) is 20.9. The van der Waals surface area contributed by atoms with Crippen LogP contribution in [0.1, 0.15) is 32.3 Å². The minimum Gasteiger partial charge on any atom is -0.512 e. The highest BCUT2D eigenvalue weighted by molar-refractivity contribution is 7.98. The lowest BCUT2D eigenvalue weighted by Crippen LogP contribution is -2.26. The second-order valence-electron chi connectivity index (χ2n) is 8.19. The number of nitrogens with zero attached hydrogens (tertiary/aromatic N) is 2. The molecule has 1 aliphatic rings. The fourth-order valence-electron chi connectivity index (χ4n) is 4.03. The lowest BCUT2D eigenvalue weighted by atomic mass is 9.74. The molecule has 2 heterocycles. The second-order valence-corrected chi connectivity index (χ2v) is 8.96. The van der Waals surface area contributed by atoms with Gasteiger partial charge in [-0.15, -0.1) is 0 Å². The Balaban J connectivity index is 2.13. The number of aliphatic hydroxyl groups excluding tert-OH is 1. The van der Waals surface area contributed by atoms with Crippen molar-refractivity contribution in [1.82, 2.24) is 14.5 Å². The minimum atomic E-state index is -0.321. The number of rotatable bonds is 3. The van der Waals surface area contributed by atoms with Crippen molar-refractivity contribution < 1.29 is 9.90 Å². The number of H-pyrrole nitrogens is 1. The van der Waals surface area contributed by atoms with Gasteiger partial charge in [0, 0.05) is 25.5 Å². The molecule has 0 amide bonds. The molecule has 0 spiro atoms. The number of carbonyl (C=O) groups is 1. The van der Waals surface area contributed by atoms with E-state index in [1.165, 1.54) is 16.3 Å². The molecule has 0 radical (unpaired) electrons. The third-order valence-electron chi connectivity index (χ3n) is 5.34. The van der Waals surface area contributed by atoms with E-state index in [1.807, 2.05) is 50.4 Å². The first-order chi connectivity index (χ1) is 13.7. The third kappa shape index (κ3) is 3.19. The van der Waals surface area contributed by atoms with Crippen molar-refractivity contribution in [2.75, 3.05) is 6.26 Å². The summed E-state index contributed by atoms with van der Waals surface area (Å²) in [5, 5.41) is 11.8. The monoisotopic (exact) mass is 409 g/mol. The van der Waals surface area contributed by atoms with E-state index in [0.717, 1.165) is 5.56 Å². The number of carbonyl (C=O) groups excluding carboxylic acids is 1. The highest BCUT2D eigenvalue weighted by Gasteiger charge is 2.36. The van der Waals surface area contributed by atoms with Gasteiger partial charge in [0.25, 0.3) is 5.56 Å². The molecule has 0 unspecified atom stereocenters. The predicted molar refractivity (Wildman–Crippen MR) is 116 cm³/mol. The normalized spacial score (nSPS) is 16.6. The van der Waals surface area contributed by atoms with Crippen molar-refractivity contribution in [3.8, 4) is 11.3 Å². The summed E-state index contributed by atoms with van der Waals surface area (Å²) in [6, 6.07) is 9.50. The summed E-state index contributed by atoms with van der Waals surface area (Å²) in [5.74, 6) is -0.131. The van der Waals surface area contributed by atoms with Crippen molar-refractivity contribution in [3.63, 3.8) is 0 Å². The van der Waals surface area contributed by atoms with E-state index < -0.39 is 0 Å². The molecular weight excluding hydrogens is 386 g/mol. The van der Waals surface area contributed by atoms with E-state index in [9.17, 15) is 14.7 Å². The topological polar surface area (TPSA) is 88.0 Å². The second kappa shape index (κ2) is 6.91. The Bertz CT molecular complexity index is 1220. The van der Waals surface area contributed by atoms with Crippen LogP contribution in [0.25, 0.3) is 27.9 Å². The molecule has 6 nitrogen and oxygen atoms in total. The van der Waals surface area contributed by atoms with Gasteiger partial charge in [0.2, 0.25) is 0 Å². The quantitative estimate of drug-likeness (QED) is 0.497. The van der Waals surface area contributed by atoms with Crippen molar-refractivity contribution in [2.45, 2.75) is 31.8 Å². The first kappa shape index (κ1) is 19.5. The largest absolute Gasteiger partial charge is 0.512 e. The molecule has 1 aromatic carbocycles. The van der Waals surface area contributed by atoms with E-state index in [1.54, 1.807) is 7.05 Å². The van der Waals surface area contributed by atoms with Gasteiger partial charge in [-0.25, -0.2) is 4.98 Å². The number of benzene rings is 1. The summed E-state index contributed by atoms with van der Waals surface area (Å²) in [6.07, 6.45) is 2.55. The number of hydrogen-bond acceptors (Lipinski definition) is 5. The number of Topliss-reactive ketones (excluding diaryl/α,β-unsaturated/α-hetero) is 1. The van der Waals surface area contributed by atoms with Gasteiger partial charge < -0.3 is 10.1 Å². The van der Waals surface area contributed by atoms with Gasteiger partial charge in [-0.3, -0.25) is 14.2 Å². The maximum atomic E-state index is 13.2. The fourth-order valence-corrected chi connectivity index (χ4v) is 4.57. The highest BCUT2D eigenvalue weighted by atomic mass is 32.2. The van der Waals surface area contributed by atoms with Gasteiger partial charge in [0.1, 0.15) is 11.4 Å². The summed E-state index contributed by atoms with van der Waals surface area (Å²) in [7, 11) is 1.67. The molecular formula is C22H23N3O3S. The van der Waals surface area contributed by atoms with E-state index in [4.69, 9.17) is 0 Å². The smallest absolute Gasteiger partial charge is 0.264 e. The van der Waals surface area contributed by atoms with Gasteiger partial charge in [0.05, 0.1) is 16.7 Å². The number of aliphatic hydroxyl groups is 1. The maximum Gasteiger partial charge on any atom is 0.264 e. The molecule has 0 atom stereocenters. The van der Waals surface area contributed by atoms with Crippen LogP contribution < -0.4 is 5.56 Å². The van der Waals surface area contributed by atoms with Crippen LogP contribution in [0.2, 0.25) is 0 Å². The van der Waals surface area contributed by atoms with Crippen molar-refractivity contribution in [3.05, 3.63) is 52.0 Å². The molecule has 4 rings (SSSR count). The number of thioether (sulfide) groups is 1. The third-order valence-corrected chi connectivity index (χ3v) is 6.07. The minimum absolute atomic E-state index is 0.0281. The standard InChI is InChI=1S/C22H23N3O3S/c1-22(2)10-13(26)15(14(27)11-22)16-17-19(24-21(29-4)25(3)20(17)28)23-18(16)12-8-6-5-7-9-12/h5-9,23,26H,10-11H2,1-4H3. The summed E-state index contributed by atoms with van der Waals surface area (Å²) < 4.78 is 1.48. The fraction of sp³-hybridized carbons (Fsp3) is 0.318. The van der Waals surface area contributed by atoms with E-state index in [-0.39, 0.29) is 28.1 Å². The van der Waals surface area contributed by atoms with Gasteiger partial charge in [-0.1, -0.05) is 55.9 Å². The van der Waals surface area contributed by atoms with Crippen LogP contribution >= 0.6 is 11.8 Å². The number of fused-ring (bicyclic) bond motifs is 1. The van der Waals surface area contributed by atoms with Crippen LogP contribution in [-0.2, 0) is 11.8 Å². The van der Waals surface area contributed by atoms with Crippen LogP contribution in [0.15, 0.2) is 46.0 Å². The molecule has 7 heteroatoms. The van der Waals surface area contributed by atoms with Gasteiger partial charge >= 0.3 is 0 Å². The SMILES string of the molecule is CSc1nc2[nH]c(-c3ccccc3)c(C3=C(O)CC(C)(C)CC3=O)c2c(=O)n1C. The number of ketones is 1. The van der Waals surface area contributed by atoms with E-state index >= 15 is 0 Å². The van der Waals surface area contributed by atoms with Crippen LogP contribution in [0.3, 0.4) is 0 Å². The van der Waals surface area contributed by atoms with Crippen molar-refractivity contribution in [2.24, 2.45) is 12.5 Å². The number of allylic oxidation sites excluding steroid dienone is 2. The number of aromatic amines is 1. The van der Waals surface area contributed by atoms with Gasteiger partial charge in [-0.05, 0) is 17.2 Å². The Morgan fingerprint density at radius 3 is 2.48 bits per heavy atom. The Labute approximate surface area is 172 Å². The molecule has 1 aliphatic carbocycles. The van der Waals surface area contributed by atoms with Gasteiger partial charge in [-0.2, -0.15) is 0 Å². The molecule has 3 aromatic rings.